The third-order valence-electron chi connectivity index (χ3n) is 5.30. The molecule has 9 heteroatoms. The predicted molar refractivity (Wildman–Crippen MR) is 126 cm³/mol. The first kappa shape index (κ1) is 20.2. The molecule has 4 aromatic rings. The lowest BCUT2D eigenvalue weighted by molar-refractivity contribution is 0.795. The highest BCUT2D eigenvalue weighted by molar-refractivity contribution is 7.15. The van der Waals surface area contributed by atoms with Gasteiger partial charge in [0.2, 0.25) is 0 Å². The number of anilines is 1. The summed E-state index contributed by atoms with van der Waals surface area (Å²) in [5.74, 6) is 1.48. The van der Waals surface area contributed by atoms with E-state index in [1.165, 1.54) is 10.4 Å². The lowest BCUT2D eigenvalue weighted by Crippen LogP contribution is -2.20. The van der Waals surface area contributed by atoms with Gasteiger partial charge < -0.3 is 0 Å². The molecule has 0 atom stereocenters. The molecule has 0 radical (unpaired) electrons. The third-order valence-corrected chi connectivity index (χ3v) is 6.97. The number of hydrogen-bond acceptors (Lipinski definition) is 6. The second-order valence-corrected chi connectivity index (χ2v) is 9.38. The minimum atomic E-state index is 0.456. The van der Waals surface area contributed by atoms with Crippen LogP contribution in [0.25, 0.3) is 5.00 Å². The van der Waals surface area contributed by atoms with Gasteiger partial charge in [0.25, 0.3) is 5.95 Å². The Morgan fingerprint density at radius 3 is 2.45 bits per heavy atom. The average molecular weight is 469 g/mol. The number of benzene rings is 1. The van der Waals surface area contributed by atoms with Crippen molar-refractivity contribution in [3.63, 3.8) is 0 Å². The van der Waals surface area contributed by atoms with Gasteiger partial charge in [-0.2, -0.15) is 5.10 Å². The first-order valence-electron chi connectivity index (χ1n) is 9.67. The molecule has 1 aromatic carbocycles. The standard InChI is InChI=1S/C22H18Cl2N6S/c1-12-13(2)31-21-19(12)20(16-5-7-17(23)8-6-16)28-29(22-27-26-14(3)30(21)22)11-15-4-9-18(24)25-10-15/h4-10H,11H2,1-3H3. The highest BCUT2D eigenvalue weighted by Gasteiger charge is 2.30. The molecular weight excluding hydrogens is 451 g/mol. The molecule has 31 heavy (non-hydrogen) atoms. The Balaban J connectivity index is 1.74. The van der Waals surface area contributed by atoms with Crippen molar-refractivity contribution in [2.75, 3.05) is 5.01 Å². The fraction of sp³-hybridized carbons (Fsp3) is 0.182. The van der Waals surface area contributed by atoms with E-state index in [2.05, 4.69) is 33.6 Å². The highest BCUT2D eigenvalue weighted by atomic mass is 35.5. The van der Waals surface area contributed by atoms with Gasteiger partial charge in [-0.3, -0.25) is 4.57 Å². The number of rotatable bonds is 3. The number of nitrogens with zero attached hydrogens (tertiary/aromatic N) is 6. The van der Waals surface area contributed by atoms with Crippen LogP contribution in [0.1, 0.15) is 33.0 Å². The molecule has 0 unspecified atom stereocenters. The summed E-state index contributed by atoms with van der Waals surface area (Å²) in [6.07, 6.45) is 1.75. The molecule has 3 aromatic heterocycles. The number of fused-ring (bicyclic) bond motifs is 3. The van der Waals surface area contributed by atoms with Crippen molar-refractivity contribution in [2.45, 2.75) is 27.3 Å². The van der Waals surface area contributed by atoms with Gasteiger partial charge in [-0.25, -0.2) is 9.99 Å². The maximum Gasteiger partial charge on any atom is 0.253 e. The quantitative estimate of drug-likeness (QED) is 0.360. The van der Waals surface area contributed by atoms with Crippen molar-refractivity contribution < 1.29 is 0 Å². The zero-order valence-corrected chi connectivity index (χ0v) is 19.4. The predicted octanol–water partition coefficient (Wildman–Crippen LogP) is 5.73. The van der Waals surface area contributed by atoms with Gasteiger partial charge in [0.15, 0.2) is 0 Å². The van der Waals surface area contributed by atoms with Crippen LogP contribution in [0.3, 0.4) is 0 Å². The van der Waals surface area contributed by atoms with Crippen LogP contribution in [-0.2, 0) is 6.54 Å². The Hall–Kier alpha value is -2.74. The van der Waals surface area contributed by atoms with Crippen molar-refractivity contribution in [1.82, 2.24) is 19.7 Å². The number of hydrogen-bond donors (Lipinski definition) is 0. The van der Waals surface area contributed by atoms with Gasteiger partial charge in [-0.05, 0) is 50.1 Å². The SMILES string of the molecule is Cc1sc2c(c1C)C(c1ccc(Cl)cc1)=NN(Cc1ccc(Cl)nc1)c1nnc(C)n1-2. The molecule has 0 saturated heterocycles. The topological polar surface area (TPSA) is 59.2 Å². The van der Waals surface area contributed by atoms with Crippen LogP contribution in [0.2, 0.25) is 10.2 Å². The van der Waals surface area contributed by atoms with Crippen LogP contribution in [0.15, 0.2) is 47.7 Å². The summed E-state index contributed by atoms with van der Waals surface area (Å²) in [5, 5.41) is 18.0. The van der Waals surface area contributed by atoms with Gasteiger partial charge in [0.05, 0.1) is 6.54 Å². The minimum Gasteiger partial charge on any atom is -0.254 e. The smallest absolute Gasteiger partial charge is 0.253 e. The molecule has 0 N–H and O–H groups in total. The van der Waals surface area contributed by atoms with E-state index in [-0.39, 0.29) is 0 Å². The summed E-state index contributed by atoms with van der Waals surface area (Å²) < 4.78 is 2.08. The average Bonchev–Trinajstić information content (AvgIpc) is 3.23. The van der Waals surface area contributed by atoms with Crippen LogP contribution in [0, 0.1) is 20.8 Å². The molecule has 0 bridgehead atoms. The zero-order valence-electron chi connectivity index (χ0n) is 17.1. The van der Waals surface area contributed by atoms with E-state index in [0.29, 0.717) is 22.7 Å². The molecule has 0 aliphatic carbocycles. The van der Waals surface area contributed by atoms with Crippen LogP contribution < -0.4 is 5.01 Å². The van der Waals surface area contributed by atoms with E-state index in [1.54, 1.807) is 23.6 Å². The second-order valence-electron chi connectivity index (χ2n) is 7.35. The Kier molecular flexibility index (Phi) is 5.04. The monoisotopic (exact) mass is 468 g/mol. The van der Waals surface area contributed by atoms with E-state index in [4.69, 9.17) is 28.3 Å². The Morgan fingerprint density at radius 1 is 0.968 bits per heavy atom. The lowest BCUT2D eigenvalue weighted by Gasteiger charge is -2.18. The van der Waals surface area contributed by atoms with E-state index in [0.717, 1.165) is 33.2 Å². The second kappa shape index (κ2) is 7.75. The number of aromatic nitrogens is 4. The number of pyridine rings is 1. The molecule has 0 spiro atoms. The Bertz CT molecular complexity index is 1310. The summed E-state index contributed by atoms with van der Waals surface area (Å²) >= 11 is 13.8. The maximum absolute atomic E-state index is 6.16. The van der Waals surface area contributed by atoms with Crippen molar-refractivity contribution in [2.24, 2.45) is 5.10 Å². The molecule has 1 aliphatic rings. The molecule has 0 amide bonds. The molecule has 0 saturated carbocycles. The fourth-order valence-electron chi connectivity index (χ4n) is 3.61. The highest BCUT2D eigenvalue weighted by Crippen LogP contribution is 2.38. The summed E-state index contributed by atoms with van der Waals surface area (Å²) in [6, 6.07) is 11.5. The number of hydrazone groups is 1. The zero-order chi connectivity index (χ0) is 21.7. The van der Waals surface area contributed by atoms with E-state index < -0.39 is 0 Å². The molecule has 156 valence electrons. The first-order valence-corrected chi connectivity index (χ1v) is 11.2. The molecular formula is C22H18Cl2N6S. The van der Waals surface area contributed by atoms with Crippen molar-refractivity contribution in [1.29, 1.82) is 0 Å². The number of halogens is 2. The Labute approximate surface area is 193 Å². The van der Waals surface area contributed by atoms with E-state index >= 15 is 0 Å². The maximum atomic E-state index is 6.16. The van der Waals surface area contributed by atoms with E-state index in [9.17, 15) is 0 Å². The summed E-state index contributed by atoms with van der Waals surface area (Å²) in [5.41, 5.74) is 5.12. The van der Waals surface area contributed by atoms with Crippen LogP contribution in [0.5, 0.6) is 0 Å². The molecule has 5 rings (SSSR count). The van der Waals surface area contributed by atoms with Gasteiger partial charge >= 0.3 is 0 Å². The van der Waals surface area contributed by atoms with Crippen LogP contribution in [0.4, 0.5) is 5.95 Å². The molecule has 0 fully saturated rings. The summed E-state index contributed by atoms with van der Waals surface area (Å²) in [4.78, 5) is 5.44. The van der Waals surface area contributed by atoms with E-state index in [1.807, 2.05) is 42.3 Å². The first-order chi connectivity index (χ1) is 14.9. The van der Waals surface area contributed by atoms with Crippen LogP contribution >= 0.6 is 34.5 Å². The van der Waals surface area contributed by atoms with Gasteiger partial charge in [-0.1, -0.05) is 41.4 Å². The van der Waals surface area contributed by atoms with Gasteiger partial charge in [0.1, 0.15) is 21.7 Å². The molecule has 6 nitrogen and oxygen atoms in total. The number of aryl methyl sites for hydroxylation is 2. The van der Waals surface area contributed by atoms with Crippen molar-refractivity contribution in [3.8, 4) is 5.00 Å². The number of thiophene rings is 1. The summed E-state index contributed by atoms with van der Waals surface area (Å²) in [7, 11) is 0. The summed E-state index contributed by atoms with van der Waals surface area (Å²) in [6.45, 7) is 6.70. The van der Waals surface area contributed by atoms with Crippen molar-refractivity contribution in [3.05, 3.63) is 85.7 Å². The van der Waals surface area contributed by atoms with Gasteiger partial charge in [-0.15, -0.1) is 21.5 Å². The molecule has 4 heterocycles. The van der Waals surface area contributed by atoms with Gasteiger partial charge in [0, 0.05) is 27.2 Å². The lowest BCUT2D eigenvalue weighted by atomic mass is 10.00. The molecule has 1 aliphatic heterocycles. The van der Waals surface area contributed by atoms with Crippen molar-refractivity contribution >= 4 is 46.2 Å². The third kappa shape index (κ3) is 3.52. The Morgan fingerprint density at radius 2 is 1.74 bits per heavy atom. The largest absolute Gasteiger partial charge is 0.254 e. The minimum absolute atomic E-state index is 0.456. The normalized spacial score (nSPS) is 12.9. The van der Waals surface area contributed by atoms with Crippen LogP contribution in [-0.4, -0.2) is 25.5 Å². The fourth-order valence-corrected chi connectivity index (χ4v) is 5.05.